The number of sulfonamides is 1. The minimum Gasteiger partial charge on any atom is -0.495 e. The molecule has 0 fully saturated rings. The molecule has 0 aliphatic heterocycles. The second-order valence-corrected chi connectivity index (χ2v) is 7.25. The topological polar surface area (TPSA) is 83.9 Å². The number of benzene rings is 1. The van der Waals surface area contributed by atoms with Crippen LogP contribution in [0.15, 0.2) is 23.1 Å². The molecule has 0 radical (unpaired) electrons. The third kappa shape index (κ3) is 3.36. The summed E-state index contributed by atoms with van der Waals surface area (Å²) in [7, 11) is -1.04. The van der Waals surface area contributed by atoms with Crippen LogP contribution in [0, 0.1) is 0 Å². The molecular weight excluding hydrogens is 294 g/mol. The number of carbonyl (C=O) groups is 1. The maximum Gasteiger partial charge on any atom is 0.335 e. The van der Waals surface area contributed by atoms with Gasteiger partial charge in [-0.3, -0.25) is 0 Å². The SMILES string of the molecule is CCC(C)(C)N(C)S(=O)(=O)c1cc(C(=O)O)ccc1OC. The summed E-state index contributed by atoms with van der Waals surface area (Å²) in [6, 6.07) is 3.78. The monoisotopic (exact) mass is 315 g/mol. The molecule has 1 rings (SSSR count). The lowest BCUT2D eigenvalue weighted by atomic mass is 10.0. The smallest absolute Gasteiger partial charge is 0.335 e. The van der Waals surface area contributed by atoms with Crippen molar-refractivity contribution >= 4 is 16.0 Å². The molecule has 1 aromatic rings. The minimum atomic E-state index is -3.86. The molecular formula is C14H21NO5S. The summed E-state index contributed by atoms with van der Waals surface area (Å²) in [4.78, 5) is 10.9. The molecule has 0 saturated carbocycles. The van der Waals surface area contributed by atoms with Crippen molar-refractivity contribution in [2.75, 3.05) is 14.2 Å². The molecule has 0 spiro atoms. The Balaban J connectivity index is 3.49. The van der Waals surface area contributed by atoms with Crippen LogP contribution in [0.25, 0.3) is 0 Å². The zero-order valence-corrected chi connectivity index (χ0v) is 13.7. The van der Waals surface area contributed by atoms with Crippen LogP contribution in [0.5, 0.6) is 5.75 Å². The predicted molar refractivity (Wildman–Crippen MR) is 79.3 cm³/mol. The van der Waals surface area contributed by atoms with E-state index in [4.69, 9.17) is 9.84 Å². The number of carboxylic acids is 1. The first-order chi connectivity index (χ1) is 9.57. The summed E-state index contributed by atoms with van der Waals surface area (Å²) in [6.45, 7) is 5.49. The Morgan fingerprint density at radius 1 is 1.38 bits per heavy atom. The van der Waals surface area contributed by atoms with Gasteiger partial charge in [0.2, 0.25) is 10.0 Å². The zero-order valence-electron chi connectivity index (χ0n) is 12.9. The highest BCUT2D eigenvalue weighted by Crippen LogP contribution is 2.31. The molecule has 0 saturated heterocycles. The highest BCUT2D eigenvalue weighted by Gasteiger charge is 2.34. The third-order valence-corrected chi connectivity index (χ3v) is 5.86. The Morgan fingerprint density at radius 3 is 2.38 bits per heavy atom. The van der Waals surface area contributed by atoms with Crippen molar-refractivity contribution in [3.05, 3.63) is 23.8 Å². The van der Waals surface area contributed by atoms with E-state index in [0.29, 0.717) is 6.42 Å². The van der Waals surface area contributed by atoms with Crippen molar-refractivity contribution in [1.82, 2.24) is 4.31 Å². The van der Waals surface area contributed by atoms with Crippen LogP contribution in [-0.4, -0.2) is 43.5 Å². The predicted octanol–water partition coefficient (Wildman–Crippen LogP) is 2.20. The fourth-order valence-corrected chi connectivity index (χ4v) is 3.46. The summed E-state index contributed by atoms with van der Waals surface area (Å²) in [5.41, 5.74) is -0.694. The summed E-state index contributed by atoms with van der Waals surface area (Å²) in [5.74, 6) is -1.06. The number of methoxy groups -OCH3 is 1. The van der Waals surface area contributed by atoms with Gasteiger partial charge in [0.15, 0.2) is 0 Å². The lowest BCUT2D eigenvalue weighted by Gasteiger charge is -2.34. The van der Waals surface area contributed by atoms with E-state index in [9.17, 15) is 13.2 Å². The second kappa shape index (κ2) is 6.03. The first kappa shape index (κ1) is 17.5. The van der Waals surface area contributed by atoms with Crippen LogP contribution in [0.2, 0.25) is 0 Å². The number of hydrogen-bond donors (Lipinski definition) is 1. The minimum absolute atomic E-state index is 0.0999. The molecule has 0 heterocycles. The van der Waals surface area contributed by atoms with Crippen molar-refractivity contribution in [2.24, 2.45) is 0 Å². The van der Waals surface area contributed by atoms with Crippen molar-refractivity contribution in [3.8, 4) is 5.75 Å². The summed E-state index contributed by atoms with van der Waals surface area (Å²) >= 11 is 0. The van der Waals surface area contributed by atoms with Crippen LogP contribution >= 0.6 is 0 Å². The average Bonchev–Trinajstić information content (AvgIpc) is 2.45. The fraction of sp³-hybridized carbons (Fsp3) is 0.500. The number of aromatic carboxylic acids is 1. The molecule has 118 valence electrons. The van der Waals surface area contributed by atoms with Gasteiger partial charge in [0, 0.05) is 12.6 Å². The van der Waals surface area contributed by atoms with Gasteiger partial charge < -0.3 is 9.84 Å². The Labute approximate surface area is 125 Å². The molecule has 1 aromatic carbocycles. The van der Waals surface area contributed by atoms with Gasteiger partial charge in [-0.25, -0.2) is 13.2 Å². The van der Waals surface area contributed by atoms with E-state index in [1.807, 2.05) is 6.92 Å². The molecule has 0 aromatic heterocycles. The highest BCUT2D eigenvalue weighted by molar-refractivity contribution is 7.89. The normalized spacial score (nSPS) is 12.5. The molecule has 0 amide bonds. The van der Waals surface area contributed by atoms with Gasteiger partial charge in [-0.15, -0.1) is 0 Å². The van der Waals surface area contributed by atoms with Crippen molar-refractivity contribution in [2.45, 2.75) is 37.6 Å². The van der Waals surface area contributed by atoms with E-state index in [1.54, 1.807) is 13.8 Å². The Kier molecular flexibility index (Phi) is 5.01. The van der Waals surface area contributed by atoms with E-state index in [2.05, 4.69) is 0 Å². The maximum absolute atomic E-state index is 12.7. The molecule has 0 aliphatic carbocycles. The van der Waals surface area contributed by atoms with Crippen molar-refractivity contribution in [3.63, 3.8) is 0 Å². The van der Waals surface area contributed by atoms with Crippen LogP contribution in [0.3, 0.4) is 0 Å². The molecule has 6 nitrogen and oxygen atoms in total. The Hall–Kier alpha value is -1.60. The summed E-state index contributed by atoms with van der Waals surface area (Å²) in [6.07, 6.45) is 0.615. The van der Waals surface area contributed by atoms with Gasteiger partial charge in [0.1, 0.15) is 10.6 Å². The lowest BCUT2D eigenvalue weighted by Crippen LogP contribution is -2.44. The van der Waals surface area contributed by atoms with E-state index < -0.39 is 21.5 Å². The van der Waals surface area contributed by atoms with Crippen LogP contribution in [0.4, 0.5) is 0 Å². The van der Waals surface area contributed by atoms with Gasteiger partial charge in [-0.2, -0.15) is 4.31 Å². The number of rotatable bonds is 6. The van der Waals surface area contributed by atoms with Gasteiger partial charge in [0.05, 0.1) is 12.7 Å². The van der Waals surface area contributed by atoms with Gasteiger partial charge in [-0.05, 0) is 38.5 Å². The largest absolute Gasteiger partial charge is 0.495 e. The van der Waals surface area contributed by atoms with E-state index in [-0.39, 0.29) is 16.2 Å². The molecule has 0 bridgehead atoms. The van der Waals surface area contributed by atoms with Gasteiger partial charge in [0.25, 0.3) is 0 Å². The van der Waals surface area contributed by atoms with Gasteiger partial charge in [-0.1, -0.05) is 6.92 Å². The average molecular weight is 315 g/mol. The fourth-order valence-electron chi connectivity index (χ4n) is 1.71. The first-order valence-electron chi connectivity index (χ1n) is 6.48. The van der Waals surface area contributed by atoms with E-state index >= 15 is 0 Å². The number of hydrogen-bond acceptors (Lipinski definition) is 4. The third-order valence-electron chi connectivity index (χ3n) is 3.77. The molecule has 0 unspecified atom stereocenters. The van der Waals surface area contributed by atoms with E-state index in [1.165, 1.54) is 30.6 Å². The van der Waals surface area contributed by atoms with E-state index in [0.717, 1.165) is 6.07 Å². The Bertz CT molecular complexity index is 637. The number of carboxylic acid groups (broad SMARTS) is 1. The zero-order chi connectivity index (χ0) is 16.4. The summed E-state index contributed by atoms with van der Waals surface area (Å²) < 4.78 is 31.8. The van der Waals surface area contributed by atoms with Crippen LogP contribution in [-0.2, 0) is 10.0 Å². The van der Waals surface area contributed by atoms with Crippen molar-refractivity contribution in [1.29, 1.82) is 0 Å². The quantitative estimate of drug-likeness (QED) is 0.870. The molecule has 21 heavy (non-hydrogen) atoms. The maximum atomic E-state index is 12.7. The van der Waals surface area contributed by atoms with Crippen molar-refractivity contribution < 1.29 is 23.1 Å². The molecule has 7 heteroatoms. The van der Waals surface area contributed by atoms with Crippen LogP contribution in [0.1, 0.15) is 37.6 Å². The standard InChI is InChI=1S/C14H21NO5S/c1-6-14(2,3)15(4)21(18,19)12-9-10(13(16)17)7-8-11(12)20-5/h7-9H,6H2,1-5H3,(H,16,17). The Morgan fingerprint density at radius 2 is 1.95 bits per heavy atom. The van der Waals surface area contributed by atoms with Crippen LogP contribution < -0.4 is 4.74 Å². The van der Waals surface area contributed by atoms with Gasteiger partial charge >= 0.3 is 5.97 Å². The first-order valence-corrected chi connectivity index (χ1v) is 7.92. The second-order valence-electron chi connectivity index (χ2n) is 5.31. The number of ether oxygens (including phenoxy) is 1. The number of nitrogens with zero attached hydrogens (tertiary/aromatic N) is 1. The molecule has 0 atom stereocenters. The molecule has 0 aliphatic rings. The lowest BCUT2D eigenvalue weighted by molar-refractivity contribution is 0.0696. The highest BCUT2D eigenvalue weighted by atomic mass is 32.2. The summed E-state index contributed by atoms with van der Waals surface area (Å²) in [5, 5.41) is 9.03. The molecule has 1 N–H and O–H groups in total.